The predicted octanol–water partition coefficient (Wildman–Crippen LogP) is 2.27. The van der Waals surface area contributed by atoms with Crippen molar-refractivity contribution in [3.8, 4) is 5.75 Å². The van der Waals surface area contributed by atoms with Crippen LogP contribution in [0.5, 0.6) is 5.75 Å². The normalized spacial score (nSPS) is 15.6. The molecular formula is C18H18N2O5S. The summed E-state index contributed by atoms with van der Waals surface area (Å²) in [7, 11) is 0. The molecule has 0 spiro atoms. The number of hydrogen-bond donors (Lipinski definition) is 2. The van der Waals surface area contributed by atoms with Crippen molar-refractivity contribution in [3.63, 3.8) is 0 Å². The van der Waals surface area contributed by atoms with E-state index in [4.69, 9.17) is 13.9 Å². The summed E-state index contributed by atoms with van der Waals surface area (Å²) in [6.07, 6.45) is 1.73. The second-order valence-electron chi connectivity index (χ2n) is 6.29. The van der Waals surface area contributed by atoms with Crippen LogP contribution in [-0.4, -0.2) is 41.4 Å². The molecule has 26 heavy (non-hydrogen) atoms. The van der Waals surface area contributed by atoms with Crippen LogP contribution in [-0.2, 0) is 11.3 Å². The fourth-order valence-electron chi connectivity index (χ4n) is 2.90. The molecule has 1 aliphatic heterocycles. The number of thiazole rings is 1. The highest BCUT2D eigenvalue weighted by atomic mass is 32.1. The maximum absolute atomic E-state index is 12.8. The molecule has 0 radical (unpaired) electrons. The lowest BCUT2D eigenvalue weighted by Crippen LogP contribution is -2.64. The number of ether oxygens (including phenoxy) is 2. The van der Waals surface area contributed by atoms with Crippen LogP contribution in [0.15, 0.2) is 34.2 Å². The van der Waals surface area contributed by atoms with Crippen LogP contribution >= 0.6 is 11.3 Å². The lowest BCUT2D eigenvalue weighted by Gasteiger charge is -2.40. The third kappa shape index (κ3) is 3.07. The van der Waals surface area contributed by atoms with E-state index in [9.17, 15) is 9.90 Å². The molecule has 4 rings (SSSR count). The van der Waals surface area contributed by atoms with Gasteiger partial charge in [-0.25, -0.2) is 4.98 Å². The quantitative estimate of drug-likeness (QED) is 0.687. The highest BCUT2D eigenvalue weighted by Gasteiger charge is 2.40. The SMILES string of the molecule is Cc1oc2ccc(OCc3nccs3)cc2c1C(=O)NC1(CO)COC1. The maximum Gasteiger partial charge on any atom is 0.256 e. The predicted molar refractivity (Wildman–Crippen MR) is 95.5 cm³/mol. The minimum atomic E-state index is -0.716. The van der Waals surface area contributed by atoms with Crippen LogP contribution in [0.2, 0.25) is 0 Å². The zero-order valence-electron chi connectivity index (χ0n) is 14.2. The number of furan rings is 1. The van der Waals surface area contributed by atoms with E-state index in [1.165, 1.54) is 11.3 Å². The molecule has 3 heterocycles. The van der Waals surface area contributed by atoms with Gasteiger partial charge in [-0.3, -0.25) is 4.79 Å². The number of aliphatic hydroxyl groups is 1. The second kappa shape index (κ2) is 6.71. The van der Waals surface area contributed by atoms with E-state index < -0.39 is 5.54 Å². The Labute approximate surface area is 153 Å². The molecule has 0 saturated carbocycles. The first-order valence-corrected chi connectivity index (χ1v) is 9.04. The molecular weight excluding hydrogens is 356 g/mol. The molecule has 1 aromatic carbocycles. The van der Waals surface area contributed by atoms with Gasteiger partial charge >= 0.3 is 0 Å². The van der Waals surface area contributed by atoms with E-state index in [1.54, 1.807) is 31.3 Å². The van der Waals surface area contributed by atoms with Gasteiger partial charge in [0.2, 0.25) is 0 Å². The number of nitrogens with zero attached hydrogens (tertiary/aromatic N) is 1. The minimum absolute atomic E-state index is 0.171. The van der Waals surface area contributed by atoms with Crippen molar-refractivity contribution in [2.24, 2.45) is 0 Å². The molecule has 3 aromatic rings. The lowest BCUT2D eigenvalue weighted by atomic mass is 9.97. The number of aromatic nitrogens is 1. The van der Waals surface area contributed by atoms with Crippen LogP contribution < -0.4 is 10.1 Å². The average molecular weight is 374 g/mol. The van der Waals surface area contributed by atoms with Crippen molar-refractivity contribution in [1.29, 1.82) is 0 Å². The van der Waals surface area contributed by atoms with Gasteiger partial charge in [-0.15, -0.1) is 11.3 Å². The molecule has 0 unspecified atom stereocenters. The van der Waals surface area contributed by atoms with E-state index in [-0.39, 0.29) is 12.5 Å². The van der Waals surface area contributed by atoms with Gasteiger partial charge in [0.05, 0.1) is 25.4 Å². The number of benzene rings is 1. The largest absolute Gasteiger partial charge is 0.486 e. The highest BCUT2D eigenvalue weighted by Crippen LogP contribution is 2.30. The lowest BCUT2D eigenvalue weighted by molar-refractivity contribution is -0.0919. The third-order valence-electron chi connectivity index (χ3n) is 4.35. The van der Waals surface area contributed by atoms with Crippen LogP contribution in [0.3, 0.4) is 0 Å². The molecule has 1 amide bonds. The Morgan fingerprint density at radius 3 is 2.96 bits per heavy atom. The molecule has 1 aliphatic rings. The number of fused-ring (bicyclic) bond motifs is 1. The number of rotatable bonds is 6. The molecule has 0 aliphatic carbocycles. The number of hydrogen-bond acceptors (Lipinski definition) is 7. The standard InChI is InChI=1S/C18H18N2O5S/c1-11-16(17(22)20-18(8-21)9-23-10-18)13-6-12(2-3-14(13)25-11)24-7-15-19-4-5-26-15/h2-6,21H,7-10H2,1H3,(H,20,22). The van der Waals surface area contributed by atoms with Crippen molar-refractivity contribution in [3.05, 3.63) is 46.1 Å². The Morgan fingerprint density at radius 2 is 2.31 bits per heavy atom. The van der Waals surface area contributed by atoms with Crippen molar-refractivity contribution < 1.29 is 23.8 Å². The second-order valence-corrected chi connectivity index (χ2v) is 7.27. The molecule has 136 valence electrons. The van der Waals surface area contributed by atoms with Gasteiger partial charge in [0.25, 0.3) is 5.91 Å². The van der Waals surface area contributed by atoms with E-state index in [1.807, 2.05) is 5.38 Å². The summed E-state index contributed by atoms with van der Waals surface area (Å²) < 4.78 is 16.6. The van der Waals surface area contributed by atoms with Crippen molar-refractivity contribution in [2.45, 2.75) is 19.1 Å². The topological polar surface area (TPSA) is 93.8 Å². The van der Waals surface area contributed by atoms with Crippen LogP contribution in [0, 0.1) is 6.92 Å². The number of nitrogens with one attached hydrogen (secondary N) is 1. The summed E-state index contributed by atoms with van der Waals surface area (Å²) in [5.74, 6) is 0.852. The third-order valence-corrected chi connectivity index (χ3v) is 5.10. The van der Waals surface area contributed by atoms with Crippen molar-refractivity contribution >= 4 is 28.2 Å². The first kappa shape index (κ1) is 17.0. The van der Waals surface area contributed by atoms with E-state index in [2.05, 4.69) is 10.3 Å². The van der Waals surface area contributed by atoms with Crippen LogP contribution in [0.4, 0.5) is 0 Å². The van der Waals surface area contributed by atoms with Crippen LogP contribution in [0.25, 0.3) is 11.0 Å². The number of carbonyl (C=O) groups is 1. The van der Waals surface area contributed by atoms with Gasteiger partial charge in [-0.1, -0.05) is 0 Å². The molecule has 2 aromatic heterocycles. The van der Waals surface area contributed by atoms with E-state index >= 15 is 0 Å². The van der Waals surface area contributed by atoms with E-state index in [0.29, 0.717) is 47.9 Å². The highest BCUT2D eigenvalue weighted by molar-refractivity contribution is 7.09. The Balaban J connectivity index is 1.60. The Morgan fingerprint density at radius 1 is 1.46 bits per heavy atom. The molecule has 2 N–H and O–H groups in total. The summed E-state index contributed by atoms with van der Waals surface area (Å²) >= 11 is 1.52. The smallest absolute Gasteiger partial charge is 0.256 e. The zero-order valence-corrected chi connectivity index (χ0v) is 15.0. The Hall–Kier alpha value is -2.42. The molecule has 1 saturated heterocycles. The van der Waals surface area contributed by atoms with Crippen molar-refractivity contribution in [2.75, 3.05) is 19.8 Å². The molecule has 1 fully saturated rings. The van der Waals surface area contributed by atoms with Gasteiger partial charge in [0, 0.05) is 17.0 Å². The molecule has 0 atom stereocenters. The number of carbonyl (C=O) groups excluding carboxylic acids is 1. The van der Waals surface area contributed by atoms with Crippen LogP contribution in [0.1, 0.15) is 21.1 Å². The first-order chi connectivity index (χ1) is 12.6. The van der Waals surface area contributed by atoms with Gasteiger partial charge in [0.15, 0.2) is 0 Å². The van der Waals surface area contributed by atoms with Gasteiger partial charge in [0.1, 0.15) is 34.2 Å². The first-order valence-electron chi connectivity index (χ1n) is 8.16. The average Bonchev–Trinajstić information content (AvgIpc) is 3.22. The fourth-order valence-corrected chi connectivity index (χ4v) is 3.42. The maximum atomic E-state index is 12.8. The van der Waals surface area contributed by atoms with Gasteiger partial charge in [-0.05, 0) is 25.1 Å². The number of aryl methyl sites for hydroxylation is 1. The molecule has 8 heteroatoms. The van der Waals surface area contributed by atoms with Crippen molar-refractivity contribution in [1.82, 2.24) is 10.3 Å². The summed E-state index contributed by atoms with van der Waals surface area (Å²) in [6, 6.07) is 5.37. The summed E-state index contributed by atoms with van der Waals surface area (Å²) in [6.45, 7) is 2.54. The minimum Gasteiger partial charge on any atom is -0.486 e. The van der Waals surface area contributed by atoms with Gasteiger partial charge < -0.3 is 24.3 Å². The Bertz CT molecular complexity index is 925. The van der Waals surface area contributed by atoms with E-state index in [0.717, 1.165) is 5.01 Å². The fraction of sp³-hybridized carbons (Fsp3) is 0.333. The summed E-state index contributed by atoms with van der Waals surface area (Å²) in [4.78, 5) is 17.0. The molecule has 7 nitrogen and oxygen atoms in total. The summed E-state index contributed by atoms with van der Waals surface area (Å²) in [5, 5.41) is 15.8. The zero-order chi connectivity index (χ0) is 18.1. The summed E-state index contributed by atoms with van der Waals surface area (Å²) in [5.41, 5.74) is 0.336. The number of amides is 1. The molecule has 0 bridgehead atoms. The van der Waals surface area contributed by atoms with Gasteiger partial charge in [-0.2, -0.15) is 0 Å². The monoisotopic (exact) mass is 374 g/mol. The number of aliphatic hydroxyl groups excluding tert-OH is 1. The Kier molecular flexibility index (Phi) is 4.39.